The van der Waals surface area contributed by atoms with Crippen molar-refractivity contribution < 1.29 is 28.8 Å². The van der Waals surface area contributed by atoms with E-state index in [2.05, 4.69) is 0 Å². The van der Waals surface area contributed by atoms with Gasteiger partial charge in [-0.1, -0.05) is 60.7 Å². The summed E-state index contributed by atoms with van der Waals surface area (Å²) in [6.45, 7) is 3.75. The second-order valence-corrected chi connectivity index (χ2v) is 6.83. The van der Waals surface area contributed by atoms with Crippen LogP contribution in [0.2, 0.25) is 0 Å². The Kier molecular flexibility index (Phi) is 7.17. The molecular formula is C22H26O6. The number of aliphatic hydroxyl groups is 1. The molecule has 1 N–H and O–H groups in total. The Morgan fingerprint density at radius 2 is 1.39 bits per heavy atom. The molecule has 1 aliphatic heterocycles. The molecule has 1 heterocycles. The Bertz CT molecular complexity index is 735. The summed E-state index contributed by atoms with van der Waals surface area (Å²) in [6, 6.07) is 19.4. The van der Waals surface area contributed by atoms with E-state index in [1.807, 2.05) is 67.6 Å². The zero-order valence-corrected chi connectivity index (χ0v) is 16.1. The van der Waals surface area contributed by atoms with Crippen molar-refractivity contribution in [2.45, 2.75) is 57.8 Å². The molecule has 28 heavy (non-hydrogen) atoms. The number of aliphatic hydroxyl groups excluding tert-OH is 1. The Balaban J connectivity index is 1.76. The highest BCUT2D eigenvalue weighted by atomic mass is 16.7. The van der Waals surface area contributed by atoms with E-state index in [-0.39, 0.29) is 0 Å². The average Bonchev–Trinajstić information content (AvgIpc) is 2.69. The zero-order valence-electron chi connectivity index (χ0n) is 16.1. The highest BCUT2D eigenvalue weighted by Gasteiger charge is 2.47. The number of hydrogen-bond donors (Lipinski definition) is 1. The van der Waals surface area contributed by atoms with Gasteiger partial charge >= 0.3 is 5.97 Å². The molecule has 0 unspecified atom stereocenters. The van der Waals surface area contributed by atoms with Gasteiger partial charge < -0.3 is 24.1 Å². The molecule has 5 atom stereocenters. The Morgan fingerprint density at radius 1 is 0.893 bits per heavy atom. The van der Waals surface area contributed by atoms with E-state index in [0.29, 0.717) is 13.2 Å². The fourth-order valence-corrected chi connectivity index (χ4v) is 3.26. The van der Waals surface area contributed by atoms with Crippen LogP contribution in [-0.2, 0) is 37.0 Å². The van der Waals surface area contributed by atoms with Crippen LogP contribution in [0, 0.1) is 0 Å². The minimum atomic E-state index is -1.28. The van der Waals surface area contributed by atoms with Gasteiger partial charge in [-0.05, 0) is 18.1 Å². The summed E-state index contributed by atoms with van der Waals surface area (Å²) in [6.07, 6.45) is -3.89. The molecule has 0 radical (unpaired) electrons. The van der Waals surface area contributed by atoms with Crippen LogP contribution in [0.5, 0.6) is 0 Å². The molecule has 0 bridgehead atoms. The van der Waals surface area contributed by atoms with Gasteiger partial charge in [-0.25, -0.2) is 0 Å². The molecule has 1 fully saturated rings. The lowest BCUT2D eigenvalue weighted by atomic mass is 9.98. The third-order valence-corrected chi connectivity index (χ3v) is 4.62. The molecule has 0 saturated carbocycles. The van der Waals surface area contributed by atoms with E-state index in [9.17, 15) is 9.90 Å². The summed E-state index contributed by atoms with van der Waals surface area (Å²) < 4.78 is 23.0. The lowest BCUT2D eigenvalue weighted by Gasteiger charge is -2.43. The van der Waals surface area contributed by atoms with E-state index in [1.165, 1.54) is 6.92 Å². The Morgan fingerprint density at radius 3 is 1.89 bits per heavy atom. The molecule has 0 aliphatic carbocycles. The lowest BCUT2D eigenvalue weighted by molar-refractivity contribution is -0.300. The highest BCUT2D eigenvalue weighted by molar-refractivity contribution is 5.66. The predicted octanol–water partition coefficient (Wildman–Crippen LogP) is 2.83. The number of ether oxygens (including phenoxy) is 4. The smallest absolute Gasteiger partial charge is 0.303 e. The van der Waals surface area contributed by atoms with E-state index >= 15 is 0 Å². The first-order valence-electron chi connectivity index (χ1n) is 9.36. The van der Waals surface area contributed by atoms with Crippen LogP contribution in [0.25, 0.3) is 0 Å². The van der Waals surface area contributed by atoms with Gasteiger partial charge in [0.25, 0.3) is 0 Å². The van der Waals surface area contributed by atoms with Gasteiger partial charge in [0.1, 0.15) is 12.2 Å². The van der Waals surface area contributed by atoms with Crippen molar-refractivity contribution in [3.05, 3.63) is 71.8 Å². The molecule has 6 heteroatoms. The van der Waals surface area contributed by atoms with Gasteiger partial charge in [0.05, 0.1) is 19.3 Å². The van der Waals surface area contributed by atoms with Crippen LogP contribution in [0.15, 0.2) is 60.7 Å². The van der Waals surface area contributed by atoms with Gasteiger partial charge in [-0.2, -0.15) is 0 Å². The quantitative estimate of drug-likeness (QED) is 0.738. The van der Waals surface area contributed by atoms with Crippen LogP contribution >= 0.6 is 0 Å². The third kappa shape index (κ3) is 5.39. The Hall–Kier alpha value is -2.25. The summed E-state index contributed by atoms with van der Waals surface area (Å²) in [5, 5.41) is 10.3. The number of esters is 1. The summed E-state index contributed by atoms with van der Waals surface area (Å²) in [5.41, 5.74) is 1.98. The fraction of sp³-hybridized carbons (Fsp3) is 0.409. The van der Waals surface area contributed by atoms with Crippen molar-refractivity contribution in [2.24, 2.45) is 0 Å². The largest absolute Gasteiger partial charge is 0.454 e. The van der Waals surface area contributed by atoms with Crippen LogP contribution < -0.4 is 0 Å². The van der Waals surface area contributed by atoms with Crippen molar-refractivity contribution in [1.29, 1.82) is 0 Å². The lowest BCUT2D eigenvalue weighted by Crippen LogP contribution is -2.59. The maximum absolute atomic E-state index is 11.6. The first kappa shape index (κ1) is 20.5. The Labute approximate surface area is 165 Å². The zero-order chi connectivity index (χ0) is 19.9. The summed E-state index contributed by atoms with van der Waals surface area (Å²) >= 11 is 0. The van der Waals surface area contributed by atoms with Crippen LogP contribution in [-0.4, -0.2) is 41.8 Å². The van der Waals surface area contributed by atoms with Gasteiger partial charge in [-0.3, -0.25) is 4.79 Å². The van der Waals surface area contributed by atoms with E-state index in [4.69, 9.17) is 18.9 Å². The molecule has 6 nitrogen and oxygen atoms in total. The molecular weight excluding hydrogens is 360 g/mol. The number of carbonyl (C=O) groups is 1. The van der Waals surface area contributed by atoms with Gasteiger partial charge in [0.15, 0.2) is 12.4 Å². The van der Waals surface area contributed by atoms with Crippen molar-refractivity contribution in [1.82, 2.24) is 0 Å². The maximum atomic E-state index is 11.6. The molecule has 150 valence electrons. The van der Waals surface area contributed by atoms with Crippen molar-refractivity contribution >= 4 is 5.97 Å². The molecule has 1 aliphatic rings. The average molecular weight is 386 g/mol. The number of hydrogen-bond acceptors (Lipinski definition) is 6. The van der Waals surface area contributed by atoms with Gasteiger partial charge in [0.2, 0.25) is 0 Å². The van der Waals surface area contributed by atoms with Gasteiger partial charge in [0, 0.05) is 6.92 Å². The number of carbonyl (C=O) groups excluding carboxylic acids is 1. The first-order valence-corrected chi connectivity index (χ1v) is 9.36. The molecule has 3 rings (SSSR count). The SMILES string of the molecule is CC(=O)O[C@H]1[C@H](OCc2ccccc2)[C@@H](OCc2ccccc2)[C@H](C)O[C@@H]1O. The monoisotopic (exact) mass is 386 g/mol. The number of benzene rings is 2. The topological polar surface area (TPSA) is 74.2 Å². The van der Waals surface area contributed by atoms with Crippen molar-refractivity contribution in [3.8, 4) is 0 Å². The van der Waals surface area contributed by atoms with Crippen molar-refractivity contribution in [2.75, 3.05) is 0 Å². The molecule has 0 amide bonds. The van der Waals surface area contributed by atoms with Crippen LogP contribution in [0.1, 0.15) is 25.0 Å². The van der Waals surface area contributed by atoms with Crippen LogP contribution in [0.3, 0.4) is 0 Å². The number of rotatable bonds is 7. The maximum Gasteiger partial charge on any atom is 0.303 e. The standard InChI is InChI=1S/C22H26O6/c1-15-19(25-13-17-9-5-3-6-10-17)20(21(22(24)27-15)28-16(2)23)26-14-18-11-7-4-8-12-18/h3-12,15,19-22,24H,13-14H2,1-2H3/t15-,19-,20+,21-,22-/m0/s1. The third-order valence-electron chi connectivity index (χ3n) is 4.62. The minimum Gasteiger partial charge on any atom is -0.454 e. The van der Waals surface area contributed by atoms with E-state index in [1.54, 1.807) is 0 Å². The molecule has 2 aromatic carbocycles. The molecule has 0 spiro atoms. The molecule has 0 aromatic heterocycles. The fourth-order valence-electron chi connectivity index (χ4n) is 3.26. The molecule has 2 aromatic rings. The second kappa shape index (κ2) is 9.80. The minimum absolute atomic E-state index is 0.300. The molecule has 1 saturated heterocycles. The normalized spacial score (nSPS) is 27.3. The van der Waals surface area contributed by atoms with E-state index in [0.717, 1.165) is 11.1 Å². The highest BCUT2D eigenvalue weighted by Crippen LogP contribution is 2.28. The van der Waals surface area contributed by atoms with Crippen LogP contribution in [0.4, 0.5) is 0 Å². The second-order valence-electron chi connectivity index (χ2n) is 6.83. The van der Waals surface area contributed by atoms with Gasteiger partial charge in [-0.15, -0.1) is 0 Å². The summed E-state index contributed by atoms with van der Waals surface area (Å²) in [4.78, 5) is 11.6. The first-order chi connectivity index (χ1) is 13.5. The van der Waals surface area contributed by atoms with E-state index < -0.39 is 36.7 Å². The predicted molar refractivity (Wildman–Crippen MR) is 102 cm³/mol. The summed E-state index contributed by atoms with van der Waals surface area (Å²) in [7, 11) is 0. The van der Waals surface area contributed by atoms with Crippen molar-refractivity contribution in [3.63, 3.8) is 0 Å². The summed E-state index contributed by atoms with van der Waals surface area (Å²) in [5.74, 6) is -0.516.